The second-order valence-corrected chi connectivity index (χ2v) is 13.6. The van der Waals surface area contributed by atoms with Gasteiger partial charge in [-0.1, -0.05) is 103 Å². The lowest BCUT2D eigenvalue weighted by atomic mass is 10.0. The van der Waals surface area contributed by atoms with E-state index < -0.39 is 13.4 Å². The minimum Gasteiger partial charge on any atom is -0.378 e. The molecule has 0 aromatic heterocycles. The zero-order valence-corrected chi connectivity index (χ0v) is 25.9. The van der Waals surface area contributed by atoms with Crippen LogP contribution in [0.5, 0.6) is 0 Å². The van der Waals surface area contributed by atoms with Gasteiger partial charge in [-0.15, -0.1) is 0 Å². The Labute approximate surface area is 233 Å². The van der Waals surface area contributed by atoms with Crippen LogP contribution in [0.3, 0.4) is 0 Å². The zero-order valence-electron chi connectivity index (χ0n) is 25.1. The van der Waals surface area contributed by atoms with Gasteiger partial charge in [0.05, 0.1) is 34.4 Å². The van der Waals surface area contributed by atoms with Crippen molar-refractivity contribution in [3.8, 4) is 0 Å². The fraction of sp³-hybridized carbons (Fsp3) is 0.966. The Morgan fingerprint density at radius 1 is 0.789 bits per heavy atom. The molecular formula is C29H59NO7P+. The molecule has 0 saturated carbocycles. The van der Waals surface area contributed by atoms with Gasteiger partial charge in [-0.05, 0) is 6.42 Å². The van der Waals surface area contributed by atoms with Crippen LogP contribution in [-0.2, 0) is 27.9 Å². The van der Waals surface area contributed by atoms with Crippen LogP contribution in [0, 0.1) is 0 Å². The summed E-state index contributed by atoms with van der Waals surface area (Å²) in [6, 6.07) is 0. The van der Waals surface area contributed by atoms with E-state index in [1.807, 2.05) is 21.1 Å². The summed E-state index contributed by atoms with van der Waals surface area (Å²) >= 11 is 0. The lowest BCUT2D eigenvalue weighted by Gasteiger charge is -2.28. The fourth-order valence-electron chi connectivity index (χ4n) is 4.60. The maximum Gasteiger partial charge on any atom is 0.472 e. The van der Waals surface area contributed by atoms with E-state index in [2.05, 4.69) is 6.92 Å². The summed E-state index contributed by atoms with van der Waals surface area (Å²) in [7, 11) is 1.68. The van der Waals surface area contributed by atoms with Crippen molar-refractivity contribution in [2.24, 2.45) is 0 Å². The average Bonchev–Trinajstić information content (AvgIpc) is 3.22. The first-order chi connectivity index (χ1) is 18.1. The lowest BCUT2D eigenvalue weighted by molar-refractivity contribution is -0.870. The Morgan fingerprint density at radius 2 is 1.29 bits per heavy atom. The predicted octanol–water partition coefficient (Wildman–Crippen LogP) is 6.83. The highest BCUT2D eigenvalue weighted by Crippen LogP contribution is 2.45. The molecule has 0 spiro atoms. The van der Waals surface area contributed by atoms with Gasteiger partial charge in [-0.2, -0.15) is 0 Å². The van der Waals surface area contributed by atoms with Gasteiger partial charge in [0.1, 0.15) is 25.4 Å². The minimum atomic E-state index is -4.23. The molecule has 0 radical (unpaired) electrons. The van der Waals surface area contributed by atoms with Gasteiger partial charge in [-0.25, -0.2) is 4.57 Å². The number of quaternary nitrogens is 1. The number of rotatable bonds is 26. The highest BCUT2D eigenvalue weighted by atomic mass is 31.2. The molecule has 2 atom stereocenters. The third kappa shape index (κ3) is 19.7. The van der Waals surface area contributed by atoms with Crippen molar-refractivity contribution in [3.63, 3.8) is 0 Å². The molecule has 8 nitrogen and oxygen atoms in total. The standard InChI is InChI=1S/C29H58NO7P/c1-5-6-7-8-9-10-11-12-13-14-15-16-17-18-19-20-22-34-26-29(24-28(31)25-35-29)27-37-38(32,33)36-23-21-30(2,3)4/h5-27H2,1-4H3/p+1. The summed E-state index contributed by atoms with van der Waals surface area (Å²) in [4.78, 5) is 21.9. The Hall–Kier alpha value is -0.340. The van der Waals surface area contributed by atoms with Crippen molar-refractivity contribution in [2.75, 3.05) is 60.7 Å². The van der Waals surface area contributed by atoms with Gasteiger partial charge in [0.2, 0.25) is 0 Å². The van der Waals surface area contributed by atoms with Crippen LogP contribution in [0.25, 0.3) is 0 Å². The molecule has 1 fully saturated rings. The normalized spacial score (nSPS) is 19.8. The Kier molecular flexibility index (Phi) is 19.3. The number of hydrogen-bond donors (Lipinski definition) is 1. The topological polar surface area (TPSA) is 91.3 Å². The van der Waals surface area contributed by atoms with Crippen LogP contribution in [0.4, 0.5) is 0 Å². The number of unbranched alkanes of at least 4 members (excludes halogenated alkanes) is 15. The van der Waals surface area contributed by atoms with Gasteiger partial charge in [0.15, 0.2) is 5.78 Å². The Morgan fingerprint density at radius 3 is 1.74 bits per heavy atom. The molecule has 1 N–H and O–H groups in total. The second kappa shape index (κ2) is 20.5. The number of likely N-dealkylation sites (N-methyl/N-ethyl adjacent to an activating group) is 1. The summed E-state index contributed by atoms with van der Waals surface area (Å²) < 4.78 is 34.6. The van der Waals surface area contributed by atoms with E-state index in [1.54, 1.807) is 0 Å². The maximum absolute atomic E-state index is 12.2. The number of phosphoric acid groups is 1. The molecule has 2 unspecified atom stereocenters. The van der Waals surface area contributed by atoms with Crippen LogP contribution >= 0.6 is 7.82 Å². The van der Waals surface area contributed by atoms with Gasteiger partial charge < -0.3 is 18.9 Å². The first-order valence-corrected chi connectivity index (χ1v) is 16.7. The summed E-state index contributed by atoms with van der Waals surface area (Å²) in [6.45, 7) is 3.44. The molecule has 1 heterocycles. The number of Topliss-reactive ketones (excluding diaryl/α,β-unsaturated/α-hetero) is 1. The van der Waals surface area contributed by atoms with E-state index >= 15 is 0 Å². The van der Waals surface area contributed by atoms with Gasteiger partial charge in [0.25, 0.3) is 0 Å². The molecule has 0 aliphatic carbocycles. The monoisotopic (exact) mass is 564 g/mol. The van der Waals surface area contributed by atoms with Crippen LogP contribution < -0.4 is 0 Å². The minimum absolute atomic E-state index is 0.0239. The number of phosphoric ester groups is 1. The number of hydrogen-bond acceptors (Lipinski definition) is 6. The van der Waals surface area contributed by atoms with Crippen molar-refractivity contribution < 1.29 is 37.3 Å². The van der Waals surface area contributed by atoms with Crippen LogP contribution in [0.1, 0.15) is 116 Å². The molecule has 0 amide bonds. The summed E-state index contributed by atoms with van der Waals surface area (Å²) in [5.74, 6) is -0.0571. The van der Waals surface area contributed by atoms with E-state index in [4.69, 9.17) is 18.5 Å². The molecule has 1 saturated heterocycles. The molecule has 0 aromatic carbocycles. The van der Waals surface area contributed by atoms with Gasteiger partial charge >= 0.3 is 7.82 Å². The summed E-state index contributed by atoms with van der Waals surface area (Å²) in [6.07, 6.45) is 21.3. The zero-order chi connectivity index (χ0) is 28.2. The molecule has 0 aromatic rings. The highest BCUT2D eigenvalue weighted by Gasteiger charge is 2.42. The van der Waals surface area contributed by atoms with Crippen LogP contribution in [0.15, 0.2) is 0 Å². The van der Waals surface area contributed by atoms with Crippen LogP contribution in [-0.4, -0.2) is 81.5 Å². The SMILES string of the molecule is CCCCCCCCCCCCCCCCCCOCC1(COP(=O)(O)OCC[N+](C)(C)C)CC(=O)CO1. The second-order valence-electron chi connectivity index (χ2n) is 12.1. The van der Waals surface area contributed by atoms with Gasteiger partial charge in [0, 0.05) is 13.0 Å². The van der Waals surface area contributed by atoms with E-state index in [1.165, 1.54) is 89.9 Å². The lowest BCUT2D eigenvalue weighted by Crippen LogP contribution is -2.39. The quantitative estimate of drug-likeness (QED) is 0.0699. The molecule has 1 aliphatic rings. The number of nitrogens with zero attached hydrogens (tertiary/aromatic N) is 1. The van der Waals surface area contributed by atoms with Crippen molar-refractivity contribution >= 4 is 13.6 Å². The van der Waals surface area contributed by atoms with E-state index in [9.17, 15) is 14.3 Å². The third-order valence-electron chi connectivity index (χ3n) is 7.07. The fourth-order valence-corrected chi connectivity index (χ4v) is 5.38. The van der Waals surface area contributed by atoms with E-state index in [-0.39, 0.29) is 38.6 Å². The smallest absolute Gasteiger partial charge is 0.378 e. The first-order valence-electron chi connectivity index (χ1n) is 15.2. The number of ether oxygens (including phenoxy) is 2. The van der Waals surface area contributed by atoms with Crippen molar-refractivity contribution in [2.45, 2.75) is 122 Å². The molecule has 1 aliphatic heterocycles. The summed E-state index contributed by atoms with van der Waals surface area (Å²) in [5.41, 5.74) is -1.02. The largest absolute Gasteiger partial charge is 0.472 e. The molecule has 0 bridgehead atoms. The molecular weight excluding hydrogens is 505 g/mol. The number of carbonyl (C=O) groups is 1. The van der Waals surface area contributed by atoms with Crippen LogP contribution in [0.2, 0.25) is 0 Å². The average molecular weight is 565 g/mol. The predicted molar refractivity (Wildman–Crippen MR) is 153 cm³/mol. The summed E-state index contributed by atoms with van der Waals surface area (Å²) in [5, 5.41) is 0. The molecule has 38 heavy (non-hydrogen) atoms. The maximum atomic E-state index is 12.2. The first kappa shape index (κ1) is 35.7. The van der Waals surface area contributed by atoms with E-state index in [0.29, 0.717) is 17.6 Å². The van der Waals surface area contributed by atoms with E-state index in [0.717, 1.165) is 12.8 Å². The Balaban J connectivity index is 2.05. The number of carbonyl (C=O) groups excluding carboxylic acids is 1. The van der Waals surface area contributed by atoms with Crippen molar-refractivity contribution in [3.05, 3.63) is 0 Å². The Bertz CT molecular complexity index is 655. The number of ketones is 1. The highest BCUT2D eigenvalue weighted by molar-refractivity contribution is 7.47. The van der Waals surface area contributed by atoms with Crippen molar-refractivity contribution in [1.29, 1.82) is 0 Å². The van der Waals surface area contributed by atoms with Gasteiger partial charge in [-0.3, -0.25) is 13.8 Å². The molecule has 1 rings (SSSR count). The van der Waals surface area contributed by atoms with Crippen molar-refractivity contribution in [1.82, 2.24) is 0 Å². The third-order valence-corrected chi connectivity index (χ3v) is 8.04. The molecule has 9 heteroatoms. The molecule has 226 valence electrons.